The molecule has 0 aromatic carbocycles. The Morgan fingerprint density at radius 2 is 0.917 bits per heavy atom. The molecule has 9 rings (SSSR count). The maximum absolute atomic E-state index is 6.08. The smallest absolute Gasteiger partial charge is 0.162 e. The van der Waals surface area contributed by atoms with E-state index in [1.165, 1.54) is 0 Å². The number of fused-ring (bicyclic) bond motifs is 8. The number of ether oxygens (including phenoxy) is 1. The van der Waals surface area contributed by atoms with Crippen molar-refractivity contribution in [3.05, 3.63) is 159 Å². The number of aromatic nitrogens is 4. The first-order valence-electron chi connectivity index (χ1n) is 14.9. The molecule has 48 heavy (non-hydrogen) atoms. The van der Waals surface area contributed by atoms with E-state index in [1.807, 2.05) is 72.8 Å². The monoisotopic (exact) mass is 704 g/mol. The minimum atomic E-state index is -0.494. The molecular formula is C36H24N4O4S4. The minimum absolute atomic E-state index is 0.494. The zero-order valence-electron chi connectivity index (χ0n) is 24.7. The van der Waals surface area contributed by atoms with Crippen molar-refractivity contribution < 1.29 is 18.0 Å². The molecule has 236 valence electrons. The van der Waals surface area contributed by atoms with Gasteiger partial charge in [-0.05, 0) is 72.8 Å². The highest BCUT2D eigenvalue weighted by molar-refractivity contribution is 7.81. The van der Waals surface area contributed by atoms with Crippen LogP contribution in [0.25, 0.3) is 22.3 Å². The third-order valence-electron chi connectivity index (χ3n) is 8.52. The summed E-state index contributed by atoms with van der Waals surface area (Å²) in [7, 11) is 0. The molecule has 12 heteroatoms. The van der Waals surface area contributed by atoms with E-state index < -0.39 is 6.10 Å². The Morgan fingerprint density at radius 1 is 0.500 bits per heavy atom. The molecule has 8 bridgehead atoms. The van der Waals surface area contributed by atoms with Crippen LogP contribution in [0.1, 0.15) is 40.1 Å². The first kappa shape index (κ1) is 29.3. The molecule has 0 spiro atoms. The van der Waals surface area contributed by atoms with E-state index in [4.69, 9.17) is 68.1 Å². The first-order valence-corrected chi connectivity index (χ1v) is 16.6. The van der Waals surface area contributed by atoms with Crippen LogP contribution >= 0.6 is 50.1 Å². The van der Waals surface area contributed by atoms with Crippen LogP contribution in [-0.4, -0.2) is 30.9 Å². The van der Waals surface area contributed by atoms with Crippen LogP contribution in [0.4, 0.5) is 0 Å². The normalized spacial score (nSPS) is 16.0. The Morgan fingerprint density at radius 3 is 1.33 bits per heavy atom. The van der Waals surface area contributed by atoms with Crippen LogP contribution in [0, 0.1) is 0 Å². The molecular weight excluding hydrogens is 681 g/mol. The number of hydrogen-bond donors (Lipinski definition) is 7. The van der Waals surface area contributed by atoms with Crippen molar-refractivity contribution in [3.63, 3.8) is 0 Å². The molecule has 7 aromatic heterocycles. The van der Waals surface area contributed by atoms with Gasteiger partial charge in [-0.15, -0.1) is 37.9 Å². The van der Waals surface area contributed by atoms with Gasteiger partial charge in [0, 0.05) is 16.6 Å². The number of hydrogen-bond acceptors (Lipinski definition) is 8. The SMILES string of the molecule is S=C1C=COC1C1=c2ccc([nH]2)=C(c2occc2S)c2ccc([nH]2)C(c2occc2S)=c2ccc([nH]2)=C(c2occc2S)c2ccc1[nH]2. The second kappa shape index (κ2) is 11.4. The molecule has 9 heterocycles. The average Bonchev–Trinajstić information content (AvgIpc) is 3.91. The van der Waals surface area contributed by atoms with Gasteiger partial charge in [0.15, 0.2) is 23.4 Å². The van der Waals surface area contributed by atoms with Gasteiger partial charge in [0.25, 0.3) is 0 Å². The average molecular weight is 705 g/mol. The Hall–Kier alpha value is -4.88. The summed E-state index contributed by atoms with van der Waals surface area (Å²) in [6.07, 6.45) is 7.84. The Balaban J connectivity index is 1.44. The predicted molar refractivity (Wildman–Crippen MR) is 194 cm³/mol. The summed E-state index contributed by atoms with van der Waals surface area (Å²) >= 11 is 20.0. The number of furan rings is 3. The van der Waals surface area contributed by atoms with Gasteiger partial charge < -0.3 is 37.9 Å². The molecule has 1 atom stereocenters. The van der Waals surface area contributed by atoms with Crippen molar-refractivity contribution in [2.75, 3.05) is 0 Å². The molecule has 1 unspecified atom stereocenters. The third-order valence-corrected chi connectivity index (χ3v) is 9.93. The summed E-state index contributed by atoms with van der Waals surface area (Å²) in [5.41, 5.74) is 6.44. The second-order valence-corrected chi connectivity index (χ2v) is 13.2. The number of thiol groups is 3. The standard InChI is InChI=1S/C36H24N4O4S4/c45-25-9-13-41-33(25)29-17-1-2-18(37-17)30(34-26(46)10-14-42-34)20-5-6-22(39-20)32(36-28(48)12-16-44-36)24-8-7-23(40-24)31(21-4-3-19(29)38-21)35-27(47)11-15-43-35/h1-16,33,37-40,46-48H. The largest absolute Gasteiger partial charge is 0.488 e. The molecule has 0 aliphatic carbocycles. The summed E-state index contributed by atoms with van der Waals surface area (Å²) in [5, 5.41) is 3.22. The lowest BCUT2D eigenvalue weighted by atomic mass is 10.0. The van der Waals surface area contributed by atoms with Crippen molar-refractivity contribution in [1.29, 1.82) is 0 Å². The number of H-pyrrole nitrogens is 4. The molecule has 0 saturated carbocycles. The lowest BCUT2D eigenvalue weighted by molar-refractivity contribution is 0.264. The highest BCUT2D eigenvalue weighted by Crippen LogP contribution is 2.32. The fourth-order valence-corrected chi connectivity index (χ4v) is 7.29. The molecule has 2 aliphatic rings. The molecule has 4 N–H and O–H groups in total. The summed E-state index contributed by atoms with van der Waals surface area (Å²) in [5.74, 6) is 1.82. The van der Waals surface area contributed by atoms with E-state index in [-0.39, 0.29) is 0 Å². The van der Waals surface area contributed by atoms with Gasteiger partial charge in [-0.25, -0.2) is 0 Å². The van der Waals surface area contributed by atoms with Crippen LogP contribution < -0.4 is 21.4 Å². The zero-order valence-corrected chi connectivity index (χ0v) is 28.2. The third kappa shape index (κ3) is 4.66. The summed E-state index contributed by atoms with van der Waals surface area (Å²) < 4.78 is 24.1. The van der Waals surface area contributed by atoms with Crippen LogP contribution in [0.5, 0.6) is 0 Å². The van der Waals surface area contributed by atoms with E-state index >= 15 is 0 Å². The fourth-order valence-electron chi connectivity index (χ4n) is 6.38. The van der Waals surface area contributed by atoms with Crippen LogP contribution in [0.15, 0.2) is 126 Å². The quantitative estimate of drug-likeness (QED) is 0.101. The summed E-state index contributed by atoms with van der Waals surface area (Å²) in [4.78, 5) is 17.3. The molecule has 8 nitrogen and oxygen atoms in total. The number of rotatable bonds is 4. The molecule has 0 fully saturated rings. The van der Waals surface area contributed by atoms with E-state index in [9.17, 15) is 0 Å². The Bertz CT molecular complexity index is 2690. The van der Waals surface area contributed by atoms with Crippen LogP contribution in [-0.2, 0) is 4.74 Å². The van der Waals surface area contributed by atoms with Gasteiger partial charge in [-0.3, -0.25) is 0 Å². The van der Waals surface area contributed by atoms with Crippen LogP contribution in [0.2, 0.25) is 0 Å². The Kier molecular flexibility index (Phi) is 6.94. The molecule has 0 amide bonds. The number of thiocarbonyl (C=S) groups is 1. The van der Waals surface area contributed by atoms with Crippen molar-refractivity contribution in [2.45, 2.75) is 20.8 Å². The topological polar surface area (TPSA) is 112 Å². The molecule has 7 aromatic rings. The highest BCUT2D eigenvalue weighted by atomic mass is 32.1. The van der Waals surface area contributed by atoms with E-state index in [0.29, 0.717) is 36.8 Å². The molecule has 0 radical (unpaired) electrons. The van der Waals surface area contributed by atoms with E-state index in [0.717, 1.165) is 66.5 Å². The second-order valence-electron chi connectivity index (χ2n) is 11.3. The highest BCUT2D eigenvalue weighted by Gasteiger charge is 2.28. The maximum atomic E-state index is 6.08. The van der Waals surface area contributed by atoms with Crippen molar-refractivity contribution >= 4 is 77.3 Å². The number of aromatic amines is 4. The van der Waals surface area contributed by atoms with Gasteiger partial charge in [0.2, 0.25) is 0 Å². The molecule has 2 aliphatic heterocycles. The van der Waals surface area contributed by atoms with Gasteiger partial charge >= 0.3 is 0 Å². The van der Waals surface area contributed by atoms with Crippen molar-refractivity contribution in [1.82, 2.24) is 19.9 Å². The van der Waals surface area contributed by atoms with Gasteiger partial charge in [0.05, 0.1) is 94.5 Å². The Labute approximate surface area is 293 Å². The predicted octanol–water partition coefficient (Wildman–Crippen LogP) is 5.18. The van der Waals surface area contributed by atoms with Crippen LogP contribution in [0.3, 0.4) is 0 Å². The minimum Gasteiger partial charge on any atom is -0.488 e. The van der Waals surface area contributed by atoms with Crippen molar-refractivity contribution in [2.24, 2.45) is 0 Å². The van der Waals surface area contributed by atoms with Gasteiger partial charge in [-0.1, -0.05) is 12.2 Å². The van der Waals surface area contributed by atoms with Gasteiger partial charge in [-0.2, -0.15) is 0 Å². The fraction of sp³-hybridized carbons (Fsp3) is 0.0278. The summed E-state index contributed by atoms with van der Waals surface area (Å²) in [6, 6.07) is 21.6. The van der Waals surface area contributed by atoms with E-state index in [1.54, 1.807) is 25.1 Å². The summed E-state index contributed by atoms with van der Waals surface area (Å²) in [6.45, 7) is 0. The van der Waals surface area contributed by atoms with Gasteiger partial charge in [0.1, 0.15) is 0 Å². The molecule has 0 saturated heterocycles. The number of nitrogens with one attached hydrogen (secondary N) is 4. The maximum Gasteiger partial charge on any atom is 0.162 e. The lowest BCUT2D eigenvalue weighted by Crippen LogP contribution is -2.26. The first-order chi connectivity index (χ1) is 23.4. The lowest BCUT2D eigenvalue weighted by Gasteiger charge is -2.14. The van der Waals surface area contributed by atoms with Crippen molar-refractivity contribution in [3.8, 4) is 0 Å². The zero-order chi connectivity index (χ0) is 32.5. The van der Waals surface area contributed by atoms with E-state index in [2.05, 4.69) is 19.9 Å².